The maximum atomic E-state index is 14.6. The highest BCUT2D eigenvalue weighted by molar-refractivity contribution is 5.88. The topological polar surface area (TPSA) is 162 Å². The van der Waals surface area contributed by atoms with Crippen LogP contribution in [0.15, 0.2) is 42.0 Å². The minimum atomic E-state index is -1.37. The Balaban J connectivity index is 1.72. The molecule has 4 rings (SSSR count). The maximum absolute atomic E-state index is 14.6. The number of nitrogens with zero attached hydrogens (tertiary/aromatic N) is 2. The van der Waals surface area contributed by atoms with Gasteiger partial charge in [0.15, 0.2) is 11.9 Å². The van der Waals surface area contributed by atoms with E-state index < -0.39 is 71.7 Å². The number of esters is 1. The molecule has 4 N–H and O–H groups in total. The van der Waals surface area contributed by atoms with Crippen molar-refractivity contribution in [1.29, 1.82) is 0 Å². The second-order valence-corrected chi connectivity index (χ2v) is 15.8. The van der Waals surface area contributed by atoms with Crippen LogP contribution >= 0.6 is 0 Å². The number of nitrogens with two attached hydrogens (primary N) is 1. The van der Waals surface area contributed by atoms with E-state index in [1.807, 2.05) is 77.9 Å². The predicted octanol–water partition coefficient (Wildman–Crippen LogP) is 4.73. The van der Waals surface area contributed by atoms with E-state index in [0.717, 1.165) is 5.56 Å². The van der Waals surface area contributed by atoms with Gasteiger partial charge in [-0.05, 0) is 78.7 Å². The summed E-state index contributed by atoms with van der Waals surface area (Å²) < 4.78 is 31.3. The Hall–Kier alpha value is -3.33. The smallest absolute Gasteiger partial charge is 0.425 e. The normalized spacial score (nSPS) is 38.6. The van der Waals surface area contributed by atoms with Crippen LogP contribution in [0.4, 0.5) is 10.5 Å². The van der Waals surface area contributed by atoms with Crippen LogP contribution in [0.25, 0.3) is 6.08 Å². The average molecular weight is 743 g/mol. The standard InChI is InChI=1S/C40H62N4O9/c1-12-31-40(8)34(44(38(48)53-40)42-19-13-14-28-15-17-29(41)18-16-28)27(6)32(45)25(4)22-39(7,49-11)35(23(2)20-24(3)36(47)51-31)52-37-33(46)30(43(9)10)21-26(5)50-37/h13-18,20,23,25-27,30-31,33-35,37,42,46H,12,19,21-22,41H2,1-11H3/b14-13+,24-20+/t23-,25+,26+,27-,30-,31+,33+,34+,35+,37-,39-,40+/m0/s1. The molecule has 0 aliphatic carbocycles. The molecule has 3 aliphatic rings. The van der Waals surface area contributed by atoms with Gasteiger partial charge in [-0.1, -0.05) is 58.1 Å². The van der Waals surface area contributed by atoms with E-state index in [4.69, 9.17) is 29.4 Å². The lowest BCUT2D eigenvalue weighted by molar-refractivity contribution is -0.294. The Kier molecular flexibility index (Phi) is 13.9. The molecule has 3 aliphatic heterocycles. The van der Waals surface area contributed by atoms with Gasteiger partial charge in [0.2, 0.25) is 0 Å². The van der Waals surface area contributed by atoms with Gasteiger partial charge >= 0.3 is 12.1 Å². The van der Waals surface area contributed by atoms with E-state index in [2.05, 4.69) is 5.43 Å². The molecule has 2 fully saturated rings. The second-order valence-electron chi connectivity index (χ2n) is 15.8. The van der Waals surface area contributed by atoms with Gasteiger partial charge in [-0.2, -0.15) is 0 Å². The van der Waals surface area contributed by atoms with Crippen molar-refractivity contribution in [3.63, 3.8) is 0 Å². The number of Topliss-reactive ketones (excluding diaryl/α,β-unsaturated/α-hetero) is 1. The Morgan fingerprint density at radius 2 is 1.77 bits per heavy atom. The summed E-state index contributed by atoms with van der Waals surface area (Å²) in [5, 5.41) is 12.8. The highest BCUT2D eigenvalue weighted by Crippen LogP contribution is 2.42. The fourth-order valence-corrected chi connectivity index (χ4v) is 8.39. The molecule has 1 aromatic rings. The summed E-state index contributed by atoms with van der Waals surface area (Å²) in [7, 11) is 5.38. The number of hydrogen-bond acceptors (Lipinski definition) is 12. The number of amides is 1. The number of aliphatic hydroxyl groups excluding tert-OH is 1. The van der Waals surface area contributed by atoms with Crippen molar-refractivity contribution >= 4 is 29.6 Å². The number of rotatable bonds is 9. The highest BCUT2D eigenvalue weighted by atomic mass is 16.7. The molecule has 3 heterocycles. The minimum absolute atomic E-state index is 0.126. The lowest BCUT2D eigenvalue weighted by Gasteiger charge is -2.46. The van der Waals surface area contributed by atoms with Crippen LogP contribution in [-0.4, -0.2) is 115 Å². The lowest BCUT2D eigenvalue weighted by atomic mass is 9.74. The predicted molar refractivity (Wildman–Crippen MR) is 202 cm³/mol. The molecule has 0 spiro atoms. The molecule has 12 atom stereocenters. The van der Waals surface area contributed by atoms with Gasteiger partial charge in [0.05, 0.1) is 17.8 Å². The van der Waals surface area contributed by atoms with Gasteiger partial charge in [0.25, 0.3) is 0 Å². The van der Waals surface area contributed by atoms with E-state index >= 15 is 0 Å². The zero-order valence-electron chi connectivity index (χ0n) is 33.3. The van der Waals surface area contributed by atoms with E-state index in [-0.39, 0.29) is 30.9 Å². The number of hydrazine groups is 1. The molecule has 0 radical (unpaired) electrons. The molecule has 1 aromatic carbocycles. The zero-order chi connectivity index (χ0) is 39.4. The van der Waals surface area contributed by atoms with Gasteiger partial charge in [-0.15, -0.1) is 0 Å². The molecule has 0 aromatic heterocycles. The Morgan fingerprint density at radius 3 is 2.38 bits per heavy atom. The Labute approximate surface area is 315 Å². The highest BCUT2D eigenvalue weighted by Gasteiger charge is 2.60. The van der Waals surface area contributed by atoms with Crippen molar-refractivity contribution in [2.24, 2.45) is 17.8 Å². The van der Waals surface area contributed by atoms with Gasteiger partial charge in [-0.25, -0.2) is 20.0 Å². The molecule has 0 saturated carbocycles. The number of methoxy groups -OCH3 is 1. The lowest BCUT2D eigenvalue weighted by Crippen LogP contribution is -2.60. The van der Waals surface area contributed by atoms with Gasteiger partial charge < -0.3 is 39.4 Å². The van der Waals surface area contributed by atoms with Crippen LogP contribution in [0.2, 0.25) is 0 Å². The number of carbonyl (C=O) groups is 3. The number of nitrogen functional groups attached to an aromatic ring is 1. The second kappa shape index (κ2) is 17.4. The number of hydrogen-bond donors (Lipinski definition) is 3. The summed E-state index contributed by atoms with van der Waals surface area (Å²) in [4.78, 5) is 44.0. The fraction of sp³-hybridized carbons (Fsp3) is 0.675. The van der Waals surface area contributed by atoms with Crippen molar-refractivity contribution in [2.75, 3.05) is 33.5 Å². The van der Waals surface area contributed by atoms with Crippen LogP contribution in [-0.2, 0) is 33.3 Å². The van der Waals surface area contributed by atoms with Crippen LogP contribution in [0, 0.1) is 17.8 Å². The van der Waals surface area contributed by atoms with Crippen molar-refractivity contribution in [1.82, 2.24) is 15.3 Å². The minimum Gasteiger partial charge on any atom is -0.455 e. The number of carbonyl (C=O) groups excluding carboxylic acids is 3. The molecule has 53 heavy (non-hydrogen) atoms. The third-order valence-corrected chi connectivity index (χ3v) is 11.3. The molecule has 1 amide bonds. The number of aliphatic hydroxyl groups is 1. The van der Waals surface area contributed by atoms with Crippen LogP contribution in [0.1, 0.15) is 80.2 Å². The van der Waals surface area contributed by atoms with Crippen molar-refractivity contribution in [2.45, 2.75) is 129 Å². The van der Waals surface area contributed by atoms with Crippen molar-refractivity contribution in [3.8, 4) is 0 Å². The quantitative estimate of drug-likeness (QED) is 0.236. The molecule has 0 bridgehead atoms. The molecule has 13 nitrogen and oxygen atoms in total. The van der Waals surface area contributed by atoms with E-state index in [1.54, 1.807) is 46.1 Å². The number of ether oxygens (including phenoxy) is 5. The van der Waals surface area contributed by atoms with Crippen LogP contribution in [0.3, 0.4) is 0 Å². The number of benzene rings is 1. The summed E-state index contributed by atoms with van der Waals surface area (Å²) >= 11 is 0. The first-order valence-electron chi connectivity index (χ1n) is 18.8. The number of likely N-dealkylation sites (N-methyl/N-ethyl adjacent to an activating group) is 1. The third kappa shape index (κ3) is 9.32. The van der Waals surface area contributed by atoms with E-state index in [0.29, 0.717) is 24.1 Å². The first kappa shape index (κ1) is 42.4. The molecule has 0 unspecified atom stereocenters. The van der Waals surface area contributed by atoms with Crippen LogP contribution < -0.4 is 11.2 Å². The molecule has 13 heteroatoms. The van der Waals surface area contributed by atoms with Gasteiger partial charge in [-0.3, -0.25) is 4.79 Å². The number of anilines is 1. The van der Waals surface area contributed by atoms with E-state index in [1.165, 1.54) is 5.01 Å². The van der Waals surface area contributed by atoms with Gasteiger partial charge in [0, 0.05) is 48.7 Å². The van der Waals surface area contributed by atoms with Crippen molar-refractivity contribution < 1.29 is 43.2 Å². The zero-order valence-corrected chi connectivity index (χ0v) is 33.3. The molecular weight excluding hydrogens is 680 g/mol. The molecular formula is C40H62N4O9. The first-order chi connectivity index (χ1) is 24.9. The summed E-state index contributed by atoms with van der Waals surface area (Å²) in [6.07, 6.45) is 2.27. The maximum Gasteiger partial charge on any atom is 0.425 e. The number of nitrogens with one attached hydrogen (secondary N) is 1. The summed E-state index contributed by atoms with van der Waals surface area (Å²) in [6.45, 7) is 14.9. The van der Waals surface area contributed by atoms with Crippen molar-refractivity contribution in [3.05, 3.63) is 47.6 Å². The summed E-state index contributed by atoms with van der Waals surface area (Å²) in [5.74, 6) is -2.49. The monoisotopic (exact) mass is 742 g/mol. The van der Waals surface area contributed by atoms with Gasteiger partial charge in [0.1, 0.15) is 24.0 Å². The largest absolute Gasteiger partial charge is 0.455 e. The number of fused-ring (bicyclic) bond motifs is 1. The van der Waals surface area contributed by atoms with Crippen LogP contribution in [0.5, 0.6) is 0 Å². The third-order valence-electron chi connectivity index (χ3n) is 11.3. The Morgan fingerprint density at radius 1 is 1.11 bits per heavy atom. The number of cyclic esters (lactones) is 1. The summed E-state index contributed by atoms with van der Waals surface area (Å²) in [5.41, 5.74) is 8.44. The fourth-order valence-electron chi connectivity index (χ4n) is 8.39. The summed E-state index contributed by atoms with van der Waals surface area (Å²) in [6, 6.07) is 6.34. The average Bonchev–Trinajstić information content (AvgIpc) is 3.37. The molecule has 2 saturated heterocycles. The first-order valence-corrected chi connectivity index (χ1v) is 18.8. The SMILES string of the molecule is CC[C@H]1OC(=O)/C(C)=C/[C@H](C)[C@@H](O[C@@H]2O[C@H](C)C[C@H](N(C)C)[C@H]2O)[C@@](C)(OC)C[C@@H](C)C(=O)[C@H](C)[C@H]2N(NC/C=C/c3ccc(N)cc3)C(=O)O[C@]12C. The molecule has 296 valence electrons. The van der Waals surface area contributed by atoms with E-state index in [9.17, 15) is 19.5 Å². The Bertz CT molecular complexity index is 1500. The number of ketones is 1.